The van der Waals surface area contributed by atoms with Crippen LogP contribution in [0.3, 0.4) is 0 Å². The zero-order valence-electron chi connectivity index (χ0n) is 19.8. The average Bonchev–Trinajstić information content (AvgIpc) is 3.49. The van der Waals surface area contributed by atoms with E-state index in [1.165, 1.54) is 0 Å². The molecule has 0 aliphatic carbocycles. The quantitative estimate of drug-likeness (QED) is 0.489. The van der Waals surface area contributed by atoms with Gasteiger partial charge < -0.3 is 19.3 Å². The lowest BCUT2D eigenvalue weighted by atomic mass is 10.1. The van der Waals surface area contributed by atoms with Crippen LogP contribution in [0.25, 0.3) is 5.69 Å². The lowest BCUT2D eigenvalue weighted by molar-refractivity contribution is -0.135. The summed E-state index contributed by atoms with van der Waals surface area (Å²) in [7, 11) is 4.98. The van der Waals surface area contributed by atoms with Crippen LogP contribution in [0.15, 0.2) is 60.9 Å². The van der Waals surface area contributed by atoms with Crippen LogP contribution in [0, 0.1) is 5.92 Å². The number of likely N-dealkylation sites (tertiary alicyclic amines) is 1. The van der Waals surface area contributed by atoms with E-state index < -0.39 is 0 Å². The number of hydrogen-bond donors (Lipinski definition) is 0. The first kappa shape index (κ1) is 23.4. The van der Waals surface area contributed by atoms with Gasteiger partial charge in [0, 0.05) is 44.9 Å². The van der Waals surface area contributed by atoms with Crippen molar-refractivity contribution in [1.82, 2.24) is 19.6 Å². The molecule has 34 heavy (non-hydrogen) atoms. The minimum Gasteiger partial charge on any atom is -0.493 e. The number of hydrogen-bond acceptors (Lipinski definition) is 5. The second-order valence-electron chi connectivity index (χ2n) is 8.50. The molecule has 2 heterocycles. The number of aromatic nitrogens is 2. The van der Waals surface area contributed by atoms with Gasteiger partial charge in [0.1, 0.15) is 0 Å². The molecule has 0 bridgehead atoms. The van der Waals surface area contributed by atoms with Gasteiger partial charge in [-0.15, -0.1) is 0 Å². The normalized spacial score (nSPS) is 15.4. The van der Waals surface area contributed by atoms with E-state index in [0.717, 1.165) is 16.8 Å². The van der Waals surface area contributed by atoms with E-state index in [9.17, 15) is 9.59 Å². The highest BCUT2D eigenvalue weighted by Gasteiger charge is 2.35. The second kappa shape index (κ2) is 10.4. The van der Waals surface area contributed by atoms with Crippen molar-refractivity contribution in [2.75, 3.05) is 34.4 Å². The van der Waals surface area contributed by atoms with Crippen molar-refractivity contribution in [2.24, 2.45) is 5.92 Å². The molecule has 1 atom stereocenters. The van der Waals surface area contributed by atoms with E-state index in [4.69, 9.17) is 9.47 Å². The molecular formula is C26H30N4O4. The van der Waals surface area contributed by atoms with Crippen molar-refractivity contribution in [2.45, 2.75) is 19.4 Å². The SMILES string of the molecule is COc1ccc(CCN2CC(C(=O)N(C)Cc3cnn(-c4ccccc4)c3)CC2=O)cc1OC. The lowest BCUT2D eigenvalue weighted by Crippen LogP contribution is -2.34. The maximum Gasteiger partial charge on any atom is 0.228 e. The average molecular weight is 463 g/mol. The van der Waals surface area contributed by atoms with Crippen LogP contribution in [-0.2, 0) is 22.6 Å². The summed E-state index contributed by atoms with van der Waals surface area (Å²) >= 11 is 0. The highest BCUT2D eigenvalue weighted by atomic mass is 16.5. The summed E-state index contributed by atoms with van der Waals surface area (Å²) in [6, 6.07) is 15.6. The summed E-state index contributed by atoms with van der Waals surface area (Å²) in [6.07, 6.45) is 4.63. The Morgan fingerprint density at radius 2 is 1.85 bits per heavy atom. The standard InChI is InChI=1S/C26H30N4O4/c1-28(16-20-15-27-30(17-20)22-7-5-4-6-8-22)26(32)21-14-25(31)29(18-21)12-11-19-9-10-23(33-2)24(13-19)34-3/h4-10,13,15,17,21H,11-12,14,16,18H2,1-3H3. The van der Waals surface area contributed by atoms with Gasteiger partial charge in [0.2, 0.25) is 11.8 Å². The van der Waals surface area contributed by atoms with Gasteiger partial charge in [-0.1, -0.05) is 24.3 Å². The minimum atomic E-state index is -0.327. The Balaban J connectivity index is 1.31. The predicted octanol–water partition coefficient (Wildman–Crippen LogP) is 2.94. The molecule has 1 saturated heterocycles. The highest BCUT2D eigenvalue weighted by molar-refractivity contribution is 5.89. The van der Waals surface area contributed by atoms with Crippen LogP contribution in [0.2, 0.25) is 0 Å². The lowest BCUT2D eigenvalue weighted by Gasteiger charge is -2.21. The van der Waals surface area contributed by atoms with Gasteiger partial charge in [-0.05, 0) is 36.2 Å². The van der Waals surface area contributed by atoms with Crippen molar-refractivity contribution >= 4 is 11.8 Å². The summed E-state index contributed by atoms with van der Waals surface area (Å²) in [5, 5.41) is 4.40. The molecule has 0 saturated carbocycles. The molecule has 0 radical (unpaired) electrons. The summed E-state index contributed by atoms with van der Waals surface area (Å²) in [6.45, 7) is 1.45. The maximum atomic E-state index is 13.0. The molecule has 3 aromatic rings. The third-order valence-electron chi connectivity index (χ3n) is 6.13. The van der Waals surface area contributed by atoms with Gasteiger partial charge >= 0.3 is 0 Å². The zero-order chi connectivity index (χ0) is 24.1. The number of ether oxygens (including phenoxy) is 2. The van der Waals surface area contributed by atoms with Gasteiger partial charge in [0.05, 0.1) is 32.0 Å². The topological polar surface area (TPSA) is 76.9 Å². The molecule has 2 aromatic carbocycles. The van der Waals surface area contributed by atoms with Crippen LogP contribution in [0.5, 0.6) is 11.5 Å². The summed E-state index contributed by atoms with van der Waals surface area (Å²) in [5.41, 5.74) is 2.95. The Kier molecular flexibility index (Phi) is 7.15. The molecule has 1 aromatic heterocycles. The molecule has 8 heteroatoms. The van der Waals surface area contributed by atoms with Crippen LogP contribution < -0.4 is 9.47 Å². The fourth-order valence-corrected chi connectivity index (χ4v) is 4.28. The molecule has 0 spiro atoms. The molecule has 178 valence electrons. The molecular weight excluding hydrogens is 432 g/mol. The first-order valence-corrected chi connectivity index (χ1v) is 11.3. The van der Waals surface area contributed by atoms with Gasteiger partial charge in [-0.3, -0.25) is 9.59 Å². The number of rotatable bonds is 9. The highest BCUT2D eigenvalue weighted by Crippen LogP contribution is 2.28. The predicted molar refractivity (Wildman–Crippen MR) is 128 cm³/mol. The first-order valence-electron chi connectivity index (χ1n) is 11.3. The molecule has 1 aliphatic heterocycles. The monoisotopic (exact) mass is 462 g/mol. The van der Waals surface area contributed by atoms with Gasteiger partial charge in [-0.25, -0.2) is 4.68 Å². The zero-order valence-corrected chi connectivity index (χ0v) is 19.8. The van der Waals surface area contributed by atoms with Crippen LogP contribution in [0.4, 0.5) is 0 Å². The van der Waals surface area contributed by atoms with Crippen molar-refractivity contribution in [1.29, 1.82) is 0 Å². The number of amides is 2. The first-order chi connectivity index (χ1) is 16.5. The van der Waals surface area contributed by atoms with Gasteiger partial charge in [0.25, 0.3) is 0 Å². The number of nitrogens with zero attached hydrogens (tertiary/aromatic N) is 4. The Labute approximate surface area is 199 Å². The van der Waals surface area contributed by atoms with Crippen molar-refractivity contribution in [3.8, 4) is 17.2 Å². The summed E-state index contributed by atoms with van der Waals surface area (Å²) < 4.78 is 12.4. The van der Waals surface area contributed by atoms with Crippen molar-refractivity contribution in [3.63, 3.8) is 0 Å². The molecule has 8 nitrogen and oxygen atoms in total. The number of carbonyl (C=O) groups is 2. The Morgan fingerprint density at radius 3 is 2.59 bits per heavy atom. The molecule has 4 rings (SSSR count). The fourth-order valence-electron chi connectivity index (χ4n) is 4.28. The summed E-state index contributed by atoms with van der Waals surface area (Å²) in [4.78, 5) is 29.1. The fraction of sp³-hybridized carbons (Fsp3) is 0.346. The van der Waals surface area contributed by atoms with E-state index in [1.807, 2.05) is 54.7 Å². The number of para-hydroxylation sites is 1. The Morgan fingerprint density at radius 1 is 1.09 bits per heavy atom. The third-order valence-corrected chi connectivity index (χ3v) is 6.13. The van der Waals surface area contributed by atoms with E-state index in [2.05, 4.69) is 5.10 Å². The molecule has 1 unspecified atom stereocenters. The smallest absolute Gasteiger partial charge is 0.228 e. The van der Waals surface area contributed by atoms with E-state index >= 15 is 0 Å². The Bertz CT molecular complexity index is 1140. The van der Waals surface area contributed by atoms with Crippen molar-refractivity contribution in [3.05, 3.63) is 72.1 Å². The largest absolute Gasteiger partial charge is 0.493 e. The molecule has 1 aliphatic rings. The van der Waals surface area contributed by atoms with Crippen molar-refractivity contribution < 1.29 is 19.1 Å². The number of carbonyl (C=O) groups excluding carboxylic acids is 2. The summed E-state index contributed by atoms with van der Waals surface area (Å²) in [5.74, 6) is 1.01. The van der Waals surface area contributed by atoms with Crippen LogP contribution >= 0.6 is 0 Å². The van der Waals surface area contributed by atoms with Gasteiger partial charge in [-0.2, -0.15) is 5.10 Å². The minimum absolute atomic E-state index is 0.0177. The Hall–Kier alpha value is -3.81. The van der Waals surface area contributed by atoms with E-state index in [0.29, 0.717) is 37.6 Å². The van der Waals surface area contributed by atoms with E-state index in [-0.39, 0.29) is 24.2 Å². The van der Waals surface area contributed by atoms with Crippen LogP contribution in [-0.4, -0.2) is 65.8 Å². The maximum absolute atomic E-state index is 13.0. The molecule has 1 fully saturated rings. The van der Waals surface area contributed by atoms with Crippen LogP contribution in [0.1, 0.15) is 17.5 Å². The second-order valence-corrected chi connectivity index (χ2v) is 8.50. The molecule has 0 N–H and O–H groups in total. The van der Waals surface area contributed by atoms with Gasteiger partial charge in [0.15, 0.2) is 11.5 Å². The van der Waals surface area contributed by atoms with E-state index in [1.54, 1.807) is 41.9 Å². The third kappa shape index (κ3) is 5.22. The number of methoxy groups -OCH3 is 2. The molecule has 2 amide bonds. The number of benzene rings is 2.